The third-order valence-electron chi connectivity index (χ3n) is 2.88. The Labute approximate surface area is 113 Å². The van der Waals surface area contributed by atoms with Gasteiger partial charge in [-0.25, -0.2) is 4.79 Å². The predicted molar refractivity (Wildman–Crippen MR) is 70.7 cm³/mol. The summed E-state index contributed by atoms with van der Waals surface area (Å²) in [5, 5.41) is 29.2. The highest BCUT2D eigenvalue weighted by atomic mass is 16.4. The molecule has 6 heteroatoms. The molecule has 0 aromatic carbocycles. The Morgan fingerprint density at radius 2 is 1.79 bits per heavy atom. The lowest BCUT2D eigenvalue weighted by Crippen LogP contribution is -2.44. The molecule has 0 unspecified atom stereocenters. The van der Waals surface area contributed by atoms with Gasteiger partial charge in [-0.1, -0.05) is 39.0 Å². The molecule has 4 N–H and O–H groups in total. The van der Waals surface area contributed by atoms with Crippen LogP contribution in [0.2, 0.25) is 0 Å². The van der Waals surface area contributed by atoms with Gasteiger partial charge in [0, 0.05) is 0 Å². The molecule has 19 heavy (non-hydrogen) atoms. The van der Waals surface area contributed by atoms with Crippen LogP contribution in [0.4, 0.5) is 0 Å². The maximum absolute atomic E-state index is 11.4. The van der Waals surface area contributed by atoms with Crippen LogP contribution in [-0.4, -0.2) is 45.9 Å². The van der Waals surface area contributed by atoms with Crippen LogP contribution in [0.25, 0.3) is 0 Å². The molecule has 112 valence electrons. The topological polar surface area (TPSA) is 107 Å². The third-order valence-corrected chi connectivity index (χ3v) is 2.88. The molecule has 0 saturated carbocycles. The van der Waals surface area contributed by atoms with E-state index in [0.717, 1.165) is 25.7 Å². The lowest BCUT2D eigenvalue weighted by atomic mass is 10.1. The summed E-state index contributed by atoms with van der Waals surface area (Å²) in [6, 6.07) is -1.30. The lowest BCUT2D eigenvalue weighted by molar-refractivity contribution is -0.143. The van der Waals surface area contributed by atoms with Gasteiger partial charge < -0.3 is 20.6 Å². The number of aliphatic hydroxyl groups excluding tert-OH is 2. The number of aliphatic carboxylic acids is 1. The number of amides is 1. The van der Waals surface area contributed by atoms with Crippen molar-refractivity contribution in [1.29, 1.82) is 0 Å². The van der Waals surface area contributed by atoms with E-state index in [2.05, 4.69) is 12.2 Å². The molecule has 0 spiro atoms. The molecule has 0 aliphatic carbocycles. The summed E-state index contributed by atoms with van der Waals surface area (Å²) in [5.74, 6) is -1.84. The molecule has 0 aliphatic rings. The van der Waals surface area contributed by atoms with Gasteiger partial charge in [0.25, 0.3) is 0 Å². The second kappa shape index (κ2) is 10.8. The zero-order chi connectivity index (χ0) is 14.7. The van der Waals surface area contributed by atoms with Crippen molar-refractivity contribution in [1.82, 2.24) is 5.32 Å². The van der Waals surface area contributed by atoms with Crippen molar-refractivity contribution in [3.8, 4) is 0 Å². The number of carboxylic acid groups (broad SMARTS) is 1. The molecule has 0 aromatic heterocycles. The minimum atomic E-state index is -1.30. The molecule has 1 amide bonds. The van der Waals surface area contributed by atoms with Crippen LogP contribution in [0.3, 0.4) is 0 Å². The summed E-state index contributed by atoms with van der Waals surface area (Å²) in [5.41, 5.74) is 0. The molecule has 0 radical (unpaired) electrons. The minimum absolute atomic E-state index is 0.127. The fourth-order valence-electron chi connectivity index (χ4n) is 1.74. The highest BCUT2D eigenvalue weighted by Crippen LogP contribution is 2.09. The van der Waals surface area contributed by atoms with Crippen LogP contribution in [0.15, 0.2) is 0 Å². The van der Waals surface area contributed by atoms with Crippen LogP contribution in [0, 0.1) is 0 Å². The van der Waals surface area contributed by atoms with E-state index in [1.807, 2.05) is 0 Å². The number of carbonyl (C=O) groups excluding carboxylic acids is 1. The van der Waals surface area contributed by atoms with Gasteiger partial charge in [0.2, 0.25) is 5.91 Å². The van der Waals surface area contributed by atoms with Crippen LogP contribution in [0.1, 0.15) is 51.9 Å². The Balaban J connectivity index is 3.76. The largest absolute Gasteiger partial charge is 0.480 e. The van der Waals surface area contributed by atoms with Crippen molar-refractivity contribution in [2.24, 2.45) is 0 Å². The van der Waals surface area contributed by atoms with Gasteiger partial charge in [0.1, 0.15) is 6.04 Å². The Morgan fingerprint density at radius 3 is 2.32 bits per heavy atom. The average Bonchev–Trinajstić information content (AvgIpc) is 2.35. The quantitative estimate of drug-likeness (QED) is 0.414. The fraction of sp³-hybridized carbons (Fsp3) is 0.846. The number of unbranched alkanes of at least 4 members (excludes halogenated alkanes) is 4. The standard InChI is InChI=1S/C13H25NO5/c1-2-3-4-5-6-7-10(16)8-12(17)14-11(9-15)13(18)19/h10-11,15-16H,2-9H2,1H3,(H,14,17)(H,18,19)/t10-,11+/m1/s1. The Bertz CT molecular complexity index is 270. The Kier molecular flexibility index (Phi) is 10.1. The van der Waals surface area contributed by atoms with E-state index >= 15 is 0 Å². The monoisotopic (exact) mass is 275 g/mol. The summed E-state index contributed by atoms with van der Waals surface area (Å²) in [6.07, 6.45) is 5.00. The van der Waals surface area contributed by atoms with Gasteiger partial charge in [-0.2, -0.15) is 0 Å². The molecule has 0 saturated heterocycles. The molecular weight excluding hydrogens is 250 g/mol. The molecule has 0 aliphatic heterocycles. The van der Waals surface area contributed by atoms with E-state index < -0.39 is 30.6 Å². The number of hydrogen-bond acceptors (Lipinski definition) is 4. The number of carbonyl (C=O) groups is 2. The van der Waals surface area contributed by atoms with E-state index in [-0.39, 0.29) is 6.42 Å². The molecule has 0 rings (SSSR count). The first-order chi connectivity index (χ1) is 9.01. The van der Waals surface area contributed by atoms with Crippen LogP contribution in [0.5, 0.6) is 0 Å². The van der Waals surface area contributed by atoms with Crippen LogP contribution < -0.4 is 5.32 Å². The SMILES string of the molecule is CCCCCCC[C@@H](O)CC(=O)N[C@@H](CO)C(=O)O. The molecular formula is C13H25NO5. The Hall–Kier alpha value is -1.14. The van der Waals surface area contributed by atoms with Crippen molar-refractivity contribution in [3.63, 3.8) is 0 Å². The Morgan fingerprint density at radius 1 is 1.16 bits per heavy atom. The van der Waals surface area contributed by atoms with E-state index in [0.29, 0.717) is 6.42 Å². The predicted octanol–water partition coefficient (Wildman–Crippen LogP) is 0.660. The first kappa shape index (κ1) is 17.9. The molecule has 0 aromatic rings. The average molecular weight is 275 g/mol. The van der Waals surface area contributed by atoms with Crippen molar-refractivity contribution >= 4 is 11.9 Å². The van der Waals surface area contributed by atoms with Crippen molar-refractivity contribution in [2.45, 2.75) is 64.0 Å². The van der Waals surface area contributed by atoms with Gasteiger partial charge in [0.05, 0.1) is 19.1 Å². The van der Waals surface area contributed by atoms with E-state index in [4.69, 9.17) is 10.2 Å². The van der Waals surface area contributed by atoms with E-state index in [9.17, 15) is 14.7 Å². The summed E-state index contributed by atoms with van der Waals surface area (Å²) in [6.45, 7) is 1.47. The second-order valence-electron chi connectivity index (χ2n) is 4.70. The van der Waals surface area contributed by atoms with E-state index in [1.54, 1.807) is 0 Å². The first-order valence-electron chi connectivity index (χ1n) is 6.82. The van der Waals surface area contributed by atoms with Gasteiger partial charge >= 0.3 is 5.97 Å². The summed E-state index contributed by atoms with van der Waals surface area (Å²) < 4.78 is 0. The first-order valence-corrected chi connectivity index (χ1v) is 6.82. The van der Waals surface area contributed by atoms with Gasteiger partial charge in [-0.05, 0) is 6.42 Å². The highest BCUT2D eigenvalue weighted by molar-refractivity contribution is 5.83. The van der Waals surface area contributed by atoms with Crippen molar-refractivity contribution < 1.29 is 24.9 Å². The summed E-state index contributed by atoms with van der Waals surface area (Å²) >= 11 is 0. The molecule has 6 nitrogen and oxygen atoms in total. The van der Waals surface area contributed by atoms with Crippen LogP contribution in [-0.2, 0) is 9.59 Å². The molecule has 0 heterocycles. The molecule has 0 fully saturated rings. The zero-order valence-corrected chi connectivity index (χ0v) is 11.5. The summed E-state index contributed by atoms with van der Waals surface area (Å²) in [4.78, 5) is 22.0. The fourth-order valence-corrected chi connectivity index (χ4v) is 1.74. The van der Waals surface area contributed by atoms with Gasteiger partial charge in [0.15, 0.2) is 0 Å². The highest BCUT2D eigenvalue weighted by Gasteiger charge is 2.20. The number of rotatable bonds is 11. The number of nitrogens with one attached hydrogen (secondary N) is 1. The summed E-state index contributed by atoms with van der Waals surface area (Å²) in [7, 11) is 0. The van der Waals surface area contributed by atoms with E-state index in [1.165, 1.54) is 6.42 Å². The normalized spacial score (nSPS) is 13.8. The molecule has 2 atom stereocenters. The smallest absolute Gasteiger partial charge is 0.328 e. The number of hydrogen-bond donors (Lipinski definition) is 4. The van der Waals surface area contributed by atoms with Gasteiger partial charge in [-0.15, -0.1) is 0 Å². The van der Waals surface area contributed by atoms with Crippen molar-refractivity contribution in [3.05, 3.63) is 0 Å². The zero-order valence-electron chi connectivity index (χ0n) is 11.5. The molecule has 0 bridgehead atoms. The lowest BCUT2D eigenvalue weighted by Gasteiger charge is -2.14. The minimum Gasteiger partial charge on any atom is -0.480 e. The van der Waals surface area contributed by atoms with Crippen LogP contribution >= 0.6 is 0 Å². The van der Waals surface area contributed by atoms with Crippen molar-refractivity contribution in [2.75, 3.05) is 6.61 Å². The number of aliphatic hydroxyl groups is 2. The number of carboxylic acids is 1. The third kappa shape index (κ3) is 9.44. The second-order valence-corrected chi connectivity index (χ2v) is 4.70. The maximum atomic E-state index is 11.4. The van der Waals surface area contributed by atoms with Gasteiger partial charge in [-0.3, -0.25) is 4.79 Å². The maximum Gasteiger partial charge on any atom is 0.328 e.